The Kier molecular flexibility index (Phi) is 5.31. The van der Waals surface area contributed by atoms with E-state index in [1.54, 1.807) is 29.7 Å². The molecular formula is C18H22N2O2S. The van der Waals surface area contributed by atoms with E-state index in [9.17, 15) is 4.79 Å². The van der Waals surface area contributed by atoms with Crippen LogP contribution in [-0.2, 0) is 4.79 Å². The summed E-state index contributed by atoms with van der Waals surface area (Å²) >= 11 is 1.80. The van der Waals surface area contributed by atoms with Crippen molar-refractivity contribution in [2.75, 3.05) is 20.1 Å². The van der Waals surface area contributed by atoms with E-state index < -0.39 is 0 Å². The predicted octanol–water partition coefficient (Wildman–Crippen LogP) is 3.55. The van der Waals surface area contributed by atoms with Crippen LogP contribution in [0.1, 0.15) is 29.5 Å². The molecule has 3 rings (SSSR count). The number of nitrogens with zero attached hydrogens (tertiary/aromatic N) is 1. The molecule has 1 aliphatic heterocycles. The first-order chi connectivity index (χ1) is 11.2. The van der Waals surface area contributed by atoms with E-state index in [-0.39, 0.29) is 5.91 Å². The SMILES string of the molecule is CN1CCC[C@H](CNC(=O)/C=C\c2ccco2)[C@@H]1c1cccs1. The van der Waals surface area contributed by atoms with Crippen LogP contribution in [0.5, 0.6) is 0 Å². The van der Waals surface area contributed by atoms with Crippen molar-refractivity contribution < 1.29 is 9.21 Å². The summed E-state index contributed by atoms with van der Waals surface area (Å²) in [6.45, 7) is 1.82. The van der Waals surface area contributed by atoms with Gasteiger partial charge in [0.15, 0.2) is 0 Å². The maximum Gasteiger partial charge on any atom is 0.244 e. The molecular weight excluding hydrogens is 308 g/mol. The first-order valence-corrected chi connectivity index (χ1v) is 8.85. The van der Waals surface area contributed by atoms with Gasteiger partial charge in [-0.1, -0.05) is 6.07 Å². The number of likely N-dealkylation sites (tertiary alicyclic amines) is 1. The maximum absolute atomic E-state index is 12.0. The van der Waals surface area contributed by atoms with Gasteiger partial charge in [-0.25, -0.2) is 0 Å². The molecule has 0 spiro atoms. The Hall–Kier alpha value is -1.85. The fourth-order valence-electron chi connectivity index (χ4n) is 3.22. The van der Waals surface area contributed by atoms with Crippen molar-refractivity contribution in [2.24, 2.45) is 5.92 Å². The molecule has 1 amide bonds. The van der Waals surface area contributed by atoms with Crippen LogP contribution in [0, 0.1) is 5.92 Å². The van der Waals surface area contributed by atoms with Gasteiger partial charge in [0.1, 0.15) is 5.76 Å². The number of thiophene rings is 1. The van der Waals surface area contributed by atoms with Crippen LogP contribution in [0.15, 0.2) is 46.4 Å². The highest BCUT2D eigenvalue weighted by Crippen LogP contribution is 2.36. The lowest BCUT2D eigenvalue weighted by Crippen LogP contribution is -2.41. The second-order valence-electron chi connectivity index (χ2n) is 5.94. The van der Waals surface area contributed by atoms with Crippen LogP contribution in [0.2, 0.25) is 0 Å². The first-order valence-electron chi connectivity index (χ1n) is 7.97. The van der Waals surface area contributed by atoms with Crippen molar-refractivity contribution in [3.63, 3.8) is 0 Å². The molecule has 0 unspecified atom stereocenters. The highest BCUT2D eigenvalue weighted by atomic mass is 32.1. The number of carbonyl (C=O) groups is 1. The zero-order valence-corrected chi connectivity index (χ0v) is 14.1. The van der Waals surface area contributed by atoms with Gasteiger partial charge in [0, 0.05) is 23.5 Å². The van der Waals surface area contributed by atoms with Gasteiger partial charge in [-0.15, -0.1) is 11.3 Å². The number of hydrogen-bond donors (Lipinski definition) is 1. The summed E-state index contributed by atoms with van der Waals surface area (Å²) in [4.78, 5) is 15.8. The van der Waals surface area contributed by atoms with Gasteiger partial charge in [0.05, 0.1) is 6.26 Å². The molecule has 2 atom stereocenters. The van der Waals surface area contributed by atoms with Crippen LogP contribution < -0.4 is 5.32 Å². The quantitative estimate of drug-likeness (QED) is 0.853. The minimum absolute atomic E-state index is 0.0699. The van der Waals surface area contributed by atoms with Gasteiger partial charge >= 0.3 is 0 Å². The number of amides is 1. The third-order valence-corrected chi connectivity index (χ3v) is 5.27. The van der Waals surface area contributed by atoms with Gasteiger partial charge in [0.2, 0.25) is 5.91 Å². The molecule has 2 aromatic rings. The Morgan fingerprint density at radius 3 is 3.13 bits per heavy atom. The summed E-state index contributed by atoms with van der Waals surface area (Å²) in [5, 5.41) is 5.16. The molecule has 5 heteroatoms. The normalized spacial score (nSPS) is 22.5. The molecule has 4 nitrogen and oxygen atoms in total. The third kappa shape index (κ3) is 4.12. The number of carbonyl (C=O) groups excluding carboxylic acids is 1. The van der Waals surface area contributed by atoms with Crippen molar-refractivity contribution >= 4 is 23.3 Å². The minimum atomic E-state index is -0.0699. The zero-order valence-electron chi connectivity index (χ0n) is 13.3. The van der Waals surface area contributed by atoms with Gasteiger partial charge < -0.3 is 9.73 Å². The highest BCUT2D eigenvalue weighted by Gasteiger charge is 2.31. The van der Waals surface area contributed by atoms with Gasteiger partial charge in [-0.3, -0.25) is 9.69 Å². The topological polar surface area (TPSA) is 45.5 Å². The Morgan fingerprint density at radius 2 is 2.39 bits per heavy atom. The largest absolute Gasteiger partial charge is 0.465 e. The van der Waals surface area contributed by atoms with Crippen LogP contribution in [0.25, 0.3) is 6.08 Å². The van der Waals surface area contributed by atoms with Gasteiger partial charge in [-0.2, -0.15) is 0 Å². The average molecular weight is 330 g/mol. The smallest absolute Gasteiger partial charge is 0.244 e. The van der Waals surface area contributed by atoms with Crippen molar-refractivity contribution in [1.82, 2.24) is 10.2 Å². The number of furan rings is 1. The van der Waals surface area contributed by atoms with E-state index >= 15 is 0 Å². The number of piperidine rings is 1. The maximum atomic E-state index is 12.0. The fourth-order valence-corrected chi connectivity index (χ4v) is 4.20. The van der Waals surface area contributed by atoms with E-state index in [1.165, 1.54) is 17.4 Å². The van der Waals surface area contributed by atoms with Crippen molar-refractivity contribution in [2.45, 2.75) is 18.9 Å². The molecule has 0 saturated carbocycles. The van der Waals surface area contributed by atoms with Gasteiger partial charge in [0.25, 0.3) is 0 Å². The molecule has 0 aliphatic carbocycles. The molecule has 1 N–H and O–H groups in total. The monoisotopic (exact) mass is 330 g/mol. The minimum Gasteiger partial charge on any atom is -0.465 e. The van der Waals surface area contributed by atoms with E-state index in [2.05, 4.69) is 34.8 Å². The summed E-state index contributed by atoms with van der Waals surface area (Å²) in [6, 6.07) is 8.33. The highest BCUT2D eigenvalue weighted by molar-refractivity contribution is 7.10. The van der Waals surface area contributed by atoms with E-state index in [0.29, 0.717) is 24.3 Å². The molecule has 122 valence electrons. The summed E-state index contributed by atoms with van der Waals surface area (Å²) in [5.74, 6) is 1.07. The molecule has 1 aliphatic rings. The predicted molar refractivity (Wildman–Crippen MR) is 93.2 cm³/mol. The van der Waals surface area contributed by atoms with E-state index in [1.807, 2.05) is 6.07 Å². The van der Waals surface area contributed by atoms with Crippen LogP contribution >= 0.6 is 11.3 Å². The molecule has 3 heterocycles. The Balaban J connectivity index is 1.58. The molecule has 0 aromatic carbocycles. The summed E-state index contributed by atoms with van der Waals surface area (Å²) in [7, 11) is 2.18. The Morgan fingerprint density at radius 1 is 1.48 bits per heavy atom. The molecule has 1 saturated heterocycles. The van der Waals surface area contributed by atoms with E-state index in [0.717, 1.165) is 13.0 Å². The van der Waals surface area contributed by atoms with Crippen LogP contribution in [-0.4, -0.2) is 30.9 Å². The molecule has 0 bridgehead atoms. The second kappa shape index (κ2) is 7.62. The molecule has 2 aromatic heterocycles. The average Bonchev–Trinajstić information content (AvgIpc) is 3.24. The van der Waals surface area contributed by atoms with Crippen molar-refractivity contribution in [1.29, 1.82) is 0 Å². The molecule has 1 fully saturated rings. The lowest BCUT2D eigenvalue weighted by molar-refractivity contribution is -0.116. The number of nitrogens with one attached hydrogen (secondary N) is 1. The summed E-state index contributed by atoms with van der Waals surface area (Å²) < 4.78 is 5.19. The van der Waals surface area contributed by atoms with Gasteiger partial charge in [-0.05, 0) is 62.0 Å². The summed E-state index contributed by atoms with van der Waals surface area (Å²) in [6.07, 6.45) is 7.15. The molecule has 0 radical (unpaired) electrons. The summed E-state index contributed by atoms with van der Waals surface area (Å²) in [5.41, 5.74) is 0. The number of hydrogen-bond acceptors (Lipinski definition) is 4. The fraction of sp³-hybridized carbons (Fsp3) is 0.389. The third-order valence-electron chi connectivity index (χ3n) is 4.32. The van der Waals surface area contributed by atoms with Crippen LogP contribution in [0.3, 0.4) is 0 Å². The lowest BCUT2D eigenvalue weighted by Gasteiger charge is -2.38. The number of rotatable bonds is 5. The Labute approximate surface area is 140 Å². The van der Waals surface area contributed by atoms with Crippen molar-refractivity contribution in [3.8, 4) is 0 Å². The standard InChI is InChI=1S/C18H22N2O2S/c1-20-10-2-5-14(18(20)16-7-4-12-23-16)13-19-17(21)9-8-15-6-3-11-22-15/h3-4,6-9,11-12,14,18H,2,5,10,13H2,1H3,(H,19,21)/b9-8-/t14-,18-/m1/s1. The Bertz CT molecular complexity index is 634. The van der Waals surface area contributed by atoms with E-state index in [4.69, 9.17) is 4.42 Å². The second-order valence-corrected chi connectivity index (χ2v) is 6.92. The molecule has 23 heavy (non-hydrogen) atoms. The zero-order chi connectivity index (χ0) is 16.1. The lowest BCUT2D eigenvalue weighted by atomic mass is 9.88. The first kappa shape index (κ1) is 16.0. The van der Waals surface area contributed by atoms with Crippen LogP contribution in [0.4, 0.5) is 0 Å². The van der Waals surface area contributed by atoms with Crippen molar-refractivity contribution in [3.05, 3.63) is 52.6 Å².